The van der Waals surface area contributed by atoms with Gasteiger partial charge in [0, 0.05) is 5.02 Å². The number of H-pyrrole nitrogens is 1. The molecular formula is C21H13Cl2F3N4O4. The first kappa shape index (κ1) is 23.6. The van der Waals surface area contributed by atoms with Crippen LogP contribution in [0, 0.1) is 6.92 Å². The molecule has 2 heterocycles. The van der Waals surface area contributed by atoms with E-state index < -0.39 is 51.7 Å². The molecule has 176 valence electrons. The lowest BCUT2D eigenvalue weighted by atomic mass is 9.91. The summed E-state index contributed by atoms with van der Waals surface area (Å²) in [7, 11) is 0. The number of aromatic amines is 1. The third kappa shape index (κ3) is 3.57. The lowest BCUT2D eigenvalue weighted by Crippen LogP contribution is -2.62. The quantitative estimate of drug-likeness (QED) is 0.499. The minimum absolute atomic E-state index is 0.0773. The zero-order chi connectivity index (χ0) is 25.0. The van der Waals surface area contributed by atoms with E-state index in [0.29, 0.717) is 4.57 Å². The topological polar surface area (TPSA) is 113 Å². The summed E-state index contributed by atoms with van der Waals surface area (Å²) in [5.74, 6) is -3.89. The first-order valence-corrected chi connectivity index (χ1v) is 10.2. The Morgan fingerprint density at radius 3 is 2.29 bits per heavy atom. The number of benzene rings is 2. The average molecular weight is 513 g/mol. The largest absolute Gasteiger partial charge is 0.425 e. The van der Waals surface area contributed by atoms with Gasteiger partial charge in [0.15, 0.2) is 0 Å². The van der Waals surface area contributed by atoms with Gasteiger partial charge in [0.25, 0.3) is 22.9 Å². The van der Waals surface area contributed by atoms with Crippen LogP contribution in [0.3, 0.4) is 0 Å². The second kappa shape index (κ2) is 8.03. The summed E-state index contributed by atoms with van der Waals surface area (Å²) >= 11 is 11.7. The van der Waals surface area contributed by atoms with Crippen LogP contribution in [0.5, 0.6) is 0 Å². The van der Waals surface area contributed by atoms with E-state index in [1.165, 1.54) is 18.2 Å². The van der Waals surface area contributed by atoms with Gasteiger partial charge in [-0.25, -0.2) is 9.36 Å². The molecule has 0 saturated heterocycles. The third-order valence-corrected chi connectivity index (χ3v) is 5.80. The van der Waals surface area contributed by atoms with Crippen molar-refractivity contribution in [3.63, 3.8) is 0 Å². The summed E-state index contributed by atoms with van der Waals surface area (Å²) in [6.45, 7) is 1.75. The Hall–Kier alpha value is -3.57. The average Bonchev–Trinajstić information content (AvgIpc) is 3.02. The number of alkyl halides is 3. The molecule has 1 aromatic heterocycles. The Bertz CT molecular complexity index is 1460. The van der Waals surface area contributed by atoms with Gasteiger partial charge in [0.2, 0.25) is 0 Å². The standard InChI is InChI=1S/C21H13Cl2F3N4O4/c1-9-2-5-11(6-3-9)30-15-14(17(32)28-19(30)34)20(18(33)27-15,21(24,25)26)29-16(31)12-7-4-10(22)8-13(12)23/h2-8H,1H3,(H,27,33)(H,29,31)(H,28,32,34)/t20-/m1/s1. The molecule has 0 saturated carbocycles. The molecule has 4 rings (SSSR count). The van der Waals surface area contributed by atoms with Gasteiger partial charge in [-0.05, 0) is 37.3 Å². The van der Waals surface area contributed by atoms with E-state index in [9.17, 15) is 32.3 Å². The molecule has 0 bridgehead atoms. The first-order valence-electron chi connectivity index (χ1n) is 9.49. The summed E-state index contributed by atoms with van der Waals surface area (Å²) in [6.07, 6.45) is -5.49. The van der Waals surface area contributed by atoms with Gasteiger partial charge in [-0.3, -0.25) is 19.4 Å². The van der Waals surface area contributed by atoms with Crippen LogP contribution in [0.4, 0.5) is 19.0 Å². The van der Waals surface area contributed by atoms with E-state index in [4.69, 9.17) is 23.2 Å². The molecule has 3 N–H and O–H groups in total. The Labute approximate surface area is 198 Å². The molecule has 13 heteroatoms. The predicted octanol–water partition coefficient (Wildman–Crippen LogP) is 3.28. The van der Waals surface area contributed by atoms with Crippen LogP contribution in [0.2, 0.25) is 10.0 Å². The molecule has 2 aromatic carbocycles. The number of nitrogens with one attached hydrogen (secondary N) is 3. The molecular weight excluding hydrogens is 500 g/mol. The monoisotopic (exact) mass is 512 g/mol. The molecule has 0 unspecified atom stereocenters. The fourth-order valence-electron chi connectivity index (χ4n) is 3.63. The fraction of sp³-hybridized carbons (Fsp3) is 0.143. The second-order valence-corrected chi connectivity index (χ2v) is 8.28. The van der Waals surface area contributed by atoms with Crippen molar-refractivity contribution in [3.05, 3.63) is 90.0 Å². The van der Waals surface area contributed by atoms with E-state index in [-0.39, 0.29) is 15.7 Å². The molecule has 0 radical (unpaired) electrons. The van der Waals surface area contributed by atoms with Crippen molar-refractivity contribution in [2.75, 3.05) is 5.32 Å². The van der Waals surface area contributed by atoms with Crippen molar-refractivity contribution in [3.8, 4) is 5.69 Å². The number of aromatic nitrogens is 2. The maximum Gasteiger partial charge on any atom is 0.425 e. The molecule has 2 amide bonds. The van der Waals surface area contributed by atoms with Gasteiger partial charge in [-0.1, -0.05) is 40.9 Å². The number of carbonyl (C=O) groups is 2. The zero-order valence-electron chi connectivity index (χ0n) is 17.0. The summed E-state index contributed by atoms with van der Waals surface area (Å²) in [4.78, 5) is 52.6. The van der Waals surface area contributed by atoms with Gasteiger partial charge in [0.1, 0.15) is 11.4 Å². The smallest absolute Gasteiger partial charge is 0.326 e. The lowest BCUT2D eigenvalue weighted by molar-refractivity contribution is -0.196. The third-order valence-electron chi connectivity index (χ3n) is 5.25. The maximum atomic E-state index is 14.5. The fourth-order valence-corrected chi connectivity index (χ4v) is 4.12. The summed E-state index contributed by atoms with van der Waals surface area (Å²) in [5, 5.41) is 3.42. The predicted molar refractivity (Wildman–Crippen MR) is 118 cm³/mol. The Morgan fingerprint density at radius 2 is 1.71 bits per heavy atom. The molecule has 1 aliphatic rings. The highest BCUT2D eigenvalue weighted by Crippen LogP contribution is 2.45. The highest BCUT2D eigenvalue weighted by atomic mass is 35.5. The van der Waals surface area contributed by atoms with Crippen molar-refractivity contribution >= 4 is 40.8 Å². The lowest BCUT2D eigenvalue weighted by Gasteiger charge is -2.30. The van der Waals surface area contributed by atoms with E-state index >= 15 is 0 Å². The Balaban J connectivity index is 1.97. The van der Waals surface area contributed by atoms with E-state index in [0.717, 1.165) is 17.7 Å². The highest BCUT2D eigenvalue weighted by Gasteiger charge is 2.68. The summed E-state index contributed by atoms with van der Waals surface area (Å²) < 4.78 is 44.2. The summed E-state index contributed by atoms with van der Waals surface area (Å²) in [6, 6.07) is 9.41. The molecule has 0 aliphatic carbocycles. The molecule has 3 aromatic rings. The van der Waals surface area contributed by atoms with Gasteiger partial charge in [0.05, 0.1) is 16.3 Å². The number of aryl methyl sites for hydroxylation is 1. The number of nitrogens with zero attached hydrogens (tertiary/aromatic N) is 1. The molecule has 1 atom stereocenters. The zero-order valence-corrected chi connectivity index (χ0v) is 18.5. The van der Waals surface area contributed by atoms with Crippen LogP contribution in [0.15, 0.2) is 52.1 Å². The van der Waals surface area contributed by atoms with Crippen LogP contribution >= 0.6 is 23.2 Å². The number of amides is 2. The highest BCUT2D eigenvalue weighted by molar-refractivity contribution is 6.36. The molecule has 0 fully saturated rings. The number of halogens is 5. The molecule has 8 nitrogen and oxygen atoms in total. The minimum Gasteiger partial charge on any atom is -0.326 e. The van der Waals surface area contributed by atoms with Crippen molar-refractivity contribution in [1.29, 1.82) is 0 Å². The molecule has 0 spiro atoms. The molecule has 34 heavy (non-hydrogen) atoms. The van der Waals surface area contributed by atoms with Gasteiger partial charge < -0.3 is 10.6 Å². The van der Waals surface area contributed by atoms with Crippen LogP contribution in [0.25, 0.3) is 5.69 Å². The van der Waals surface area contributed by atoms with Crippen molar-refractivity contribution in [1.82, 2.24) is 14.9 Å². The minimum atomic E-state index is -5.49. The van der Waals surface area contributed by atoms with Crippen LogP contribution in [-0.4, -0.2) is 27.5 Å². The number of hydrogen-bond acceptors (Lipinski definition) is 4. The second-order valence-electron chi connectivity index (χ2n) is 7.43. The van der Waals surface area contributed by atoms with E-state index in [1.54, 1.807) is 29.4 Å². The van der Waals surface area contributed by atoms with Crippen LogP contribution in [0.1, 0.15) is 21.5 Å². The first-order chi connectivity index (χ1) is 15.9. The molecule has 1 aliphatic heterocycles. The number of carbonyl (C=O) groups excluding carboxylic acids is 2. The summed E-state index contributed by atoms with van der Waals surface area (Å²) in [5.41, 5.74) is -7.13. The van der Waals surface area contributed by atoms with E-state index in [2.05, 4.69) is 0 Å². The number of rotatable bonds is 3. The van der Waals surface area contributed by atoms with Gasteiger partial charge in [-0.15, -0.1) is 0 Å². The van der Waals surface area contributed by atoms with Crippen molar-refractivity contribution in [2.24, 2.45) is 0 Å². The maximum absolute atomic E-state index is 14.5. The number of hydrogen-bond donors (Lipinski definition) is 3. The van der Waals surface area contributed by atoms with Crippen LogP contribution in [-0.2, 0) is 10.3 Å². The van der Waals surface area contributed by atoms with Crippen molar-refractivity contribution in [2.45, 2.75) is 18.6 Å². The Morgan fingerprint density at radius 1 is 1.06 bits per heavy atom. The Kier molecular flexibility index (Phi) is 5.57. The number of fused-ring (bicyclic) bond motifs is 1. The van der Waals surface area contributed by atoms with Gasteiger partial charge >= 0.3 is 11.9 Å². The van der Waals surface area contributed by atoms with E-state index in [1.807, 2.05) is 5.32 Å². The SMILES string of the molecule is Cc1ccc(-n2c3c(c(=O)[nH]c2=O)[C@](NC(=O)c2ccc(Cl)cc2Cl)(C(F)(F)F)C(=O)N3)cc1. The number of anilines is 1. The normalized spacial score (nSPS) is 17.3. The van der Waals surface area contributed by atoms with Crippen molar-refractivity contribution < 1.29 is 22.8 Å². The van der Waals surface area contributed by atoms with Crippen LogP contribution < -0.4 is 21.9 Å². The van der Waals surface area contributed by atoms with Gasteiger partial charge in [-0.2, -0.15) is 13.2 Å².